The lowest BCUT2D eigenvalue weighted by Gasteiger charge is -2.11. The van der Waals surface area contributed by atoms with Crippen molar-refractivity contribution in [2.45, 2.75) is 6.18 Å². The molecule has 2 rings (SSSR count). The van der Waals surface area contributed by atoms with Gasteiger partial charge in [0.15, 0.2) is 5.69 Å². The number of nitrogens with zero attached hydrogens (tertiary/aromatic N) is 3. The maximum atomic E-state index is 12.3. The summed E-state index contributed by atoms with van der Waals surface area (Å²) < 4.78 is 41.0. The molecule has 0 aromatic carbocycles. The van der Waals surface area contributed by atoms with E-state index in [9.17, 15) is 22.8 Å². The topological polar surface area (TPSA) is 87.8 Å². The van der Waals surface area contributed by atoms with Crippen molar-refractivity contribution in [1.82, 2.24) is 15.4 Å². The highest BCUT2D eigenvalue weighted by molar-refractivity contribution is 6.11. The van der Waals surface area contributed by atoms with Gasteiger partial charge >= 0.3 is 6.18 Å². The molecule has 0 saturated heterocycles. The van der Waals surface area contributed by atoms with Crippen LogP contribution in [0.1, 0.15) is 16.2 Å². The van der Waals surface area contributed by atoms with Gasteiger partial charge in [-0.3, -0.25) is 19.8 Å². The third-order valence-electron chi connectivity index (χ3n) is 2.31. The summed E-state index contributed by atoms with van der Waals surface area (Å²) in [6.45, 7) is -0.129. The second-order valence-electron chi connectivity index (χ2n) is 3.62. The Hall–Kier alpha value is -2.39. The number of aromatic nitrogens is 1. The van der Waals surface area contributed by atoms with E-state index in [0.29, 0.717) is 6.07 Å². The molecule has 10 heteroatoms. The van der Waals surface area contributed by atoms with Gasteiger partial charge < -0.3 is 4.52 Å². The minimum absolute atomic E-state index is 0.0556. The second kappa shape index (κ2) is 4.37. The Morgan fingerprint density at radius 1 is 1.53 bits per heavy atom. The zero-order chi connectivity index (χ0) is 14.2. The third-order valence-corrected chi connectivity index (χ3v) is 2.31. The number of nitrogens with one attached hydrogen (secondary N) is 1. The van der Waals surface area contributed by atoms with Gasteiger partial charge in [-0.1, -0.05) is 5.16 Å². The maximum Gasteiger partial charge on any atom is 0.436 e. The number of carbonyl (C=O) groups excluding carboxylic acids is 2. The van der Waals surface area contributed by atoms with Crippen molar-refractivity contribution in [3.8, 4) is 0 Å². The average molecular weight is 276 g/mol. The first-order valence-electron chi connectivity index (χ1n) is 4.95. The van der Waals surface area contributed by atoms with Gasteiger partial charge in [0, 0.05) is 13.1 Å². The monoisotopic (exact) mass is 276 g/mol. The minimum Gasteiger partial charge on any atom is -0.350 e. The van der Waals surface area contributed by atoms with Gasteiger partial charge in [-0.25, -0.2) is 4.99 Å². The first-order valence-corrected chi connectivity index (χ1v) is 4.95. The van der Waals surface area contributed by atoms with Crippen LogP contribution in [0.4, 0.5) is 13.2 Å². The van der Waals surface area contributed by atoms with Crippen LogP contribution in [0, 0.1) is 0 Å². The fourth-order valence-electron chi connectivity index (χ4n) is 1.28. The molecule has 0 aliphatic carbocycles. The van der Waals surface area contributed by atoms with Gasteiger partial charge in [0.25, 0.3) is 11.8 Å². The first kappa shape index (κ1) is 13.1. The zero-order valence-electron chi connectivity index (χ0n) is 9.48. The maximum absolute atomic E-state index is 12.3. The van der Waals surface area contributed by atoms with Crippen LogP contribution in [0.15, 0.2) is 15.6 Å². The number of halogens is 3. The van der Waals surface area contributed by atoms with Gasteiger partial charge in [0.2, 0.25) is 11.7 Å². The van der Waals surface area contributed by atoms with Crippen LogP contribution in [-0.2, 0) is 11.0 Å². The highest BCUT2D eigenvalue weighted by Gasteiger charge is 2.36. The quantitative estimate of drug-likeness (QED) is 0.796. The molecule has 0 unspecified atom stereocenters. The number of carbonyl (C=O) groups is 2. The Labute approximate surface area is 104 Å². The number of amides is 2. The minimum atomic E-state index is -4.69. The van der Waals surface area contributed by atoms with Crippen LogP contribution in [-0.4, -0.2) is 41.4 Å². The number of hydrogen-bond acceptors (Lipinski definition) is 5. The summed E-state index contributed by atoms with van der Waals surface area (Å²) in [5, 5.41) is 4.89. The van der Waals surface area contributed by atoms with E-state index in [2.05, 4.69) is 20.0 Å². The summed E-state index contributed by atoms with van der Waals surface area (Å²) in [7, 11) is 1.37. The Kier molecular flexibility index (Phi) is 3.00. The molecule has 0 radical (unpaired) electrons. The molecule has 0 saturated carbocycles. The molecule has 0 spiro atoms. The number of guanidine groups is 1. The van der Waals surface area contributed by atoms with Crippen LogP contribution >= 0.6 is 0 Å². The second-order valence-corrected chi connectivity index (χ2v) is 3.62. The number of rotatable bonds is 1. The largest absolute Gasteiger partial charge is 0.436 e. The number of aliphatic imine (C=N–C) groups is 1. The molecule has 2 heterocycles. The van der Waals surface area contributed by atoms with E-state index < -0.39 is 23.5 Å². The normalized spacial score (nSPS) is 15.7. The lowest BCUT2D eigenvalue weighted by molar-refractivity contribution is -0.142. The molecule has 0 atom stereocenters. The van der Waals surface area contributed by atoms with E-state index >= 15 is 0 Å². The van der Waals surface area contributed by atoms with Crippen LogP contribution < -0.4 is 5.32 Å². The molecule has 1 N–H and O–H groups in total. The standard InChI is InChI=1S/C9H7F3N4O3/c1-16-6(17)3-13-8(16)14-7(18)4-2-5(15-19-4)9(10,11)12/h2H,3H2,1H3,(H,13,14,18). The average Bonchev–Trinajstić information content (AvgIpc) is 2.91. The van der Waals surface area contributed by atoms with E-state index in [1.54, 1.807) is 0 Å². The van der Waals surface area contributed by atoms with E-state index in [0.717, 1.165) is 4.90 Å². The van der Waals surface area contributed by atoms with E-state index in [1.165, 1.54) is 7.05 Å². The molecule has 1 aliphatic rings. The van der Waals surface area contributed by atoms with Gasteiger partial charge in [0.1, 0.15) is 6.54 Å². The fraction of sp³-hybridized carbons (Fsp3) is 0.333. The van der Waals surface area contributed by atoms with Crippen molar-refractivity contribution in [2.24, 2.45) is 4.99 Å². The Bertz CT molecular complexity index is 563. The van der Waals surface area contributed by atoms with Gasteiger partial charge in [-0.15, -0.1) is 0 Å². The molecule has 7 nitrogen and oxygen atoms in total. The predicted molar refractivity (Wildman–Crippen MR) is 54.0 cm³/mol. The van der Waals surface area contributed by atoms with E-state index in [4.69, 9.17) is 0 Å². The van der Waals surface area contributed by atoms with Crippen LogP contribution in [0.5, 0.6) is 0 Å². The van der Waals surface area contributed by atoms with Crippen molar-refractivity contribution < 1.29 is 27.3 Å². The highest BCUT2D eigenvalue weighted by Crippen LogP contribution is 2.28. The van der Waals surface area contributed by atoms with Gasteiger partial charge in [0.05, 0.1) is 0 Å². The Morgan fingerprint density at radius 3 is 2.68 bits per heavy atom. The summed E-state index contributed by atoms with van der Waals surface area (Å²) in [6.07, 6.45) is -4.69. The van der Waals surface area contributed by atoms with Gasteiger partial charge in [-0.2, -0.15) is 13.2 Å². The smallest absolute Gasteiger partial charge is 0.350 e. The summed E-state index contributed by atoms with van der Waals surface area (Å²) in [5.41, 5.74) is -1.31. The lowest BCUT2D eigenvalue weighted by Crippen LogP contribution is -2.41. The summed E-state index contributed by atoms with van der Waals surface area (Å²) in [6, 6.07) is 0.465. The van der Waals surface area contributed by atoms with Gasteiger partial charge in [-0.05, 0) is 0 Å². The SMILES string of the molecule is CN1C(=O)CN=C1NC(=O)c1cc(C(F)(F)F)no1. The number of hydrogen-bond donors (Lipinski definition) is 1. The van der Waals surface area contributed by atoms with Crippen molar-refractivity contribution in [1.29, 1.82) is 0 Å². The lowest BCUT2D eigenvalue weighted by atomic mass is 10.3. The van der Waals surface area contributed by atoms with Crippen LogP contribution in [0.3, 0.4) is 0 Å². The van der Waals surface area contributed by atoms with E-state index in [1.807, 2.05) is 0 Å². The van der Waals surface area contributed by atoms with Crippen LogP contribution in [0.25, 0.3) is 0 Å². The Morgan fingerprint density at radius 2 is 2.21 bits per heavy atom. The van der Waals surface area contributed by atoms with Crippen molar-refractivity contribution >= 4 is 17.8 Å². The molecular weight excluding hydrogens is 269 g/mol. The summed E-state index contributed by atoms with van der Waals surface area (Å²) in [4.78, 5) is 27.4. The molecule has 0 fully saturated rings. The molecule has 0 bridgehead atoms. The molecule has 19 heavy (non-hydrogen) atoms. The van der Waals surface area contributed by atoms with E-state index in [-0.39, 0.29) is 18.4 Å². The summed E-state index contributed by atoms with van der Waals surface area (Å²) >= 11 is 0. The molecule has 1 aromatic heterocycles. The van der Waals surface area contributed by atoms with Crippen molar-refractivity contribution in [3.05, 3.63) is 17.5 Å². The number of alkyl halides is 3. The van der Waals surface area contributed by atoms with Crippen molar-refractivity contribution in [3.63, 3.8) is 0 Å². The van der Waals surface area contributed by atoms with Crippen molar-refractivity contribution in [2.75, 3.05) is 13.6 Å². The molecule has 102 valence electrons. The molecule has 1 aliphatic heterocycles. The summed E-state index contributed by atoms with van der Waals surface area (Å²) in [5.74, 6) is -1.99. The highest BCUT2D eigenvalue weighted by atomic mass is 19.4. The predicted octanol–water partition coefficient (Wildman–Crippen LogP) is 0.251. The molecular formula is C9H7F3N4O3. The zero-order valence-corrected chi connectivity index (χ0v) is 9.48. The number of likely N-dealkylation sites (N-methyl/N-ethyl adjacent to an activating group) is 1. The fourth-order valence-corrected chi connectivity index (χ4v) is 1.28. The van der Waals surface area contributed by atoms with Crippen LogP contribution in [0.2, 0.25) is 0 Å². The first-order chi connectivity index (χ1) is 8.79. The Balaban J connectivity index is 2.09. The molecule has 2 amide bonds. The molecule has 1 aromatic rings. The third kappa shape index (κ3) is 2.56.